The normalized spacial score (nSPS) is 10.4. The lowest BCUT2D eigenvalue weighted by atomic mass is 10.1. The van der Waals surface area contributed by atoms with Crippen molar-refractivity contribution in [3.63, 3.8) is 0 Å². The topological polar surface area (TPSA) is 139 Å². The molecule has 0 unspecified atom stereocenters. The molecule has 1 amide bonds. The maximum atomic E-state index is 12.1. The Morgan fingerprint density at radius 3 is 1.27 bits per heavy atom. The molecule has 0 aliphatic rings. The average molecular weight is 1040 g/mol. The maximum Gasteiger partial charge on any atom is 0.306 e. The van der Waals surface area contributed by atoms with Crippen molar-refractivity contribution in [1.82, 2.24) is 10.2 Å². The summed E-state index contributed by atoms with van der Waals surface area (Å²) in [6.07, 6.45) is 5.91. The summed E-state index contributed by atoms with van der Waals surface area (Å²) in [6, 6.07) is 51.9. The van der Waals surface area contributed by atoms with Gasteiger partial charge in [0.2, 0.25) is 11.1 Å². The van der Waals surface area contributed by atoms with E-state index in [2.05, 4.69) is 71.5 Å². The maximum absolute atomic E-state index is 12.1. The second kappa shape index (κ2) is 36.7. The van der Waals surface area contributed by atoms with Gasteiger partial charge in [-0.1, -0.05) is 109 Å². The summed E-state index contributed by atoms with van der Waals surface area (Å²) in [5.74, 6) is 2.79. The molecule has 75 heavy (non-hydrogen) atoms. The van der Waals surface area contributed by atoms with E-state index in [0.717, 1.165) is 85.0 Å². The van der Waals surface area contributed by atoms with E-state index in [0.29, 0.717) is 58.7 Å². The van der Waals surface area contributed by atoms with E-state index in [4.69, 9.17) is 28.4 Å². The van der Waals surface area contributed by atoms with Crippen molar-refractivity contribution in [2.75, 3.05) is 39.5 Å². The number of aryl methyl sites for hydroxylation is 2. The van der Waals surface area contributed by atoms with Gasteiger partial charge in [0.1, 0.15) is 36.2 Å². The van der Waals surface area contributed by atoms with Crippen molar-refractivity contribution in [3.05, 3.63) is 191 Å². The number of hydrogen-bond acceptors (Lipinski definition) is 11. The van der Waals surface area contributed by atoms with Crippen molar-refractivity contribution >= 4 is 34.7 Å². The molecule has 6 aromatic rings. The minimum absolute atomic E-state index is 0.0720. The van der Waals surface area contributed by atoms with Gasteiger partial charge in [-0.3, -0.25) is 19.2 Å². The number of rotatable bonds is 30. The van der Waals surface area contributed by atoms with Crippen molar-refractivity contribution in [2.45, 2.75) is 105 Å². The average Bonchev–Trinajstić information content (AvgIpc) is 3.42. The van der Waals surface area contributed by atoms with Crippen LogP contribution in [0.5, 0.6) is 23.0 Å². The Bertz CT molecular complexity index is 2490. The third-order valence-corrected chi connectivity index (χ3v) is 11.2. The van der Waals surface area contributed by atoms with Crippen LogP contribution in [-0.4, -0.2) is 67.5 Å². The molecule has 400 valence electrons. The standard InChI is InChI=1S/C31H37NO5.C29H35NO4.C2H3ClO/c1-3-35-29-19-15-28(16-20-29)24-37-31(34)12-8-22-36-30-17-13-27(14-18-30)23-32(25(2)33)21-7-11-26-9-5-4-6-10-26;1-2-32-27-18-14-26(15-19-27)23-34-29(31)11-7-21-33-28-16-12-25(13-17-28)22-30-20-6-10-24-8-4-3-5-9-24;1-2(3)4/h4-6,9-10,13-20H,3,7-8,11-12,21-24H2,1-2H3;3-5,8-9,12-19,30H,2,6-7,10-11,20-23H2,1H3;1H3. The van der Waals surface area contributed by atoms with Crippen LogP contribution in [0.2, 0.25) is 0 Å². The summed E-state index contributed by atoms with van der Waals surface area (Å²) >= 11 is 4.64. The fraction of sp³-hybridized carbons (Fsp3) is 0.355. The zero-order valence-electron chi connectivity index (χ0n) is 44.1. The number of ether oxygens (including phenoxy) is 6. The fourth-order valence-electron chi connectivity index (χ4n) is 7.36. The predicted molar refractivity (Wildman–Crippen MR) is 296 cm³/mol. The number of nitrogens with zero attached hydrogens (tertiary/aromatic N) is 1. The van der Waals surface area contributed by atoms with Gasteiger partial charge in [0.25, 0.3) is 0 Å². The van der Waals surface area contributed by atoms with Gasteiger partial charge >= 0.3 is 11.9 Å². The highest BCUT2D eigenvalue weighted by atomic mass is 35.5. The Hall–Kier alpha value is -7.15. The number of hydrogen-bond donors (Lipinski definition) is 1. The SMILES string of the molecule is CC(=O)Cl.CCOc1ccc(COC(=O)CCCOc2ccc(CN(CCCc3ccccc3)C(C)=O)cc2)cc1.CCOc1ccc(COC(=O)CCCOc2ccc(CNCCCc3ccccc3)cc2)cc1. The molecule has 0 heterocycles. The summed E-state index contributed by atoms with van der Waals surface area (Å²) < 4.78 is 33.0. The first kappa shape index (κ1) is 60.4. The number of amides is 1. The van der Waals surface area contributed by atoms with E-state index < -0.39 is 0 Å². The van der Waals surface area contributed by atoms with Crippen LogP contribution in [-0.2, 0) is 67.8 Å². The molecule has 0 saturated carbocycles. The van der Waals surface area contributed by atoms with Gasteiger partial charge < -0.3 is 38.6 Å². The van der Waals surface area contributed by atoms with Crippen LogP contribution in [0, 0.1) is 0 Å². The molecule has 12 nitrogen and oxygen atoms in total. The molecule has 0 radical (unpaired) electrons. The smallest absolute Gasteiger partial charge is 0.306 e. The summed E-state index contributed by atoms with van der Waals surface area (Å²) in [5.41, 5.74) is 6.82. The highest BCUT2D eigenvalue weighted by Gasteiger charge is 2.11. The lowest BCUT2D eigenvalue weighted by Gasteiger charge is -2.21. The summed E-state index contributed by atoms with van der Waals surface area (Å²) in [4.78, 5) is 47.2. The van der Waals surface area contributed by atoms with Crippen LogP contribution in [0.1, 0.15) is 99.6 Å². The highest BCUT2D eigenvalue weighted by molar-refractivity contribution is 6.62. The second-order valence-electron chi connectivity index (χ2n) is 17.4. The van der Waals surface area contributed by atoms with Crippen LogP contribution in [0.15, 0.2) is 158 Å². The van der Waals surface area contributed by atoms with Gasteiger partial charge in [-0.05, 0) is 152 Å². The number of nitrogens with one attached hydrogen (secondary N) is 1. The quantitative estimate of drug-likeness (QED) is 0.0262. The third-order valence-electron chi connectivity index (χ3n) is 11.2. The number of halogens is 1. The number of benzene rings is 6. The third kappa shape index (κ3) is 27.6. The zero-order valence-corrected chi connectivity index (χ0v) is 44.9. The van der Waals surface area contributed by atoms with Gasteiger partial charge in [0.15, 0.2) is 0 Å². The lowest BCUT2D eigenvalue weighted by Crippen LogP contribution is -2.29. The summed E-state index contributed by atoms with van der Waals surface area (Å²) in [6.45, 7) is 12.6. The first-order valence-electron chi connectivity index (χ1n) is 25.9. The second-order valence-corrected chi connectivity index (χ2v) is 18.0. The molecule has 1 N–H and O–H groups in total. The zero-order chi connectivity index (χ0) is 53.7. The van der Waals surface area contributed by atoms with Crippen LogP contribution in [0.4, 0.5) is 0 Å². The molecule has 0 bridgehead atoms. The van der Waals surface area contributed by atoms with Crippen molar-refractivity contribution in [2.24, 2.45) is 0 Å². The van der Waals surface area contributed by atoms with E-state index in [-0.39, 0.29) is 36.3 Å². The molecule has 6 rings (SSSR count). The van der Waals surface area contributed by atoms with Crippen molar-refractivity contribution < 1.29 is 47.6 Å². The van der Waals surface area contributed by atoms with Gasteiger partial charge in [-0.15, -0.1) is 0 Å². The Morgan fingerprint density at radius 1 is 0.467 bits per heavy atom. The fourth-order valence-corrected chi connectivity index (χ4v) is 7.36. The van der Waals surface area contributed by atoms with E-state index >= 15 is 0 Å². The Balaban J connectivity index is 0.000000304. The molecular weight excluding hydrogens is 968 g/mol. The van der Waals surface area contributed by atoms with Crippen molar-refractivity contribution in [1.29, 1.82) is 0 Å². The van der Waals surface area contributed by atoms with Gasteiger partial charge in [0.05, 0.1) is 26.4 Å². The van der Waals surface area contributed by atoms with Gasteiger partial charge in [-0.25, -0.2) is 0 Å². The van der Waals surface area contributed by atoms with Gasteiger partial charge in [-0.2, -0.15) is 0 Å². The Kier molecular flexibility index (Phi) is 29.6. The number of esters is 2. The molecule has 0 aliphatic carbocycles. The minimum atomic E-state index is -0.361. The largest absolute Gasteiger partial charge is 0.494 e. The highest BCUT2D eigenvalue weighted by Crippen LogP contribution is 2.18. The molecule has 6 aromatic carbocycles. The predicted octanol–water partition coefficient (Wildman–Crippen LogP) is 12.5. The van der Waals surface area contributed by atoms with Gasteiger partial charge in [0, 0.05) is 46.3 Å². The van der Waals surface area contributed by atoms with Crippen LogP contribution in [0.3, 0.4) is 0 Å². The molecular formula is C62H75ClN2O10. The lowest BCUT2D eigenvalue weighted by molar-refractivity contribution is -0.146. The van der Waals surface area contributed by atoms with Crippen LogP contribution < -0.4 is 24.3 Å². The summed E-state index contributed by atoms with van der Waals surface area (Å²) in [5, 5.41) is 3.13. The van der Waals surface area contributed by atoms with E-state index in [1.54, 1.807) is 6.92 Å². The Labute approximate surface area is 449 Å². The minimum Gasteiger partial charge on any atom is -0.494 e. The van der Waals surface area contributed by atoms with E-state index in [9.17, 15) is 19.2 Å². The summed E-state index contributed by atoms with van der Waals surface area (Å²) in [7, 11) is 0. The van der Waals surface area contributed by atoms with Crippen LogP contribution >= 0.6 is 11.6 Å². The molecule has 0 saturated heterocycles. The number of carbonyl (C=O) groups excluding carboxylic acids is 4. The molecule has 0 aromatic heterocycles. The molecule has 13 heteroatoms. The molecule has 0 fully saturated rings. The van der Waals surface area contributed by atoms with Crippen LogP contribution in [0.25, 0.3) is 0 Å². The molecule has 0 aliphatic heterocycles. The van der Waals surface area contributed by atoms with Crippen molar-refractivity contribution in [3.8, 4) is 23.0 Å². The Morgan fingerprint density at radius 2 is 0.853 bits per heavy atom. The monoisotopic (exact) mass is 1040 g/mol. The first-order chi connectivity index (χ1) is 36.5. The first-order valence-corrected chi connectivity index (χ1v) is 26.3. The number of carbonyl (C=O) groups is 4. The molecule has 0 atom stereocenters. The molecule has 0 spiro atoms. The van der Waals surface area contributed by atoms with E-state index in [1.165, 1.54) is 23.6 Å². The van der Waals surface area contributed by atoms with E-state index in [1.807, 2.05) is 122 Å².